The molecule has 0 aromatic carbocycles. The number of carbonyl (C=O) groups is 1. The summed E-state index contributed by atoms with van der Waals surface area (Å²) >= 11 is 0. The minimum absolute atomic E-state index is 0.226. The van der Waals surface area contributed by atoms with E-state index in [0.717, 1.165) is 6.42 Å². The second-order valence-corrected chi connectivity index (χ2v) is 2.60. The number of allylic oxidation sites excluding steroid dienone is 1. The molecule has 0 atom stereocenters. The highest BCUT2D eigenvalue weighted by molar-refractivity contribution is 5.94. The van der Waals surface area contributed by atoms with Crippen LogP contribution in [0.15, 0.2) is 11.4 Å². The fourth-order valence-corrected chi connectivity index (χ4v) is 1.21. The van der Waals surface area contributed by atoms with Crippen LogP contribution in [0, 0.1) is 0 Å². The average molecular weight is 157 g/mol. The predicted molar refractivity (Wildman–Crippen MR) is 40.7 cm³/mol. The third kappa shape index (κ3) is 1.79. The van der Waals surface area contributed by atoms with Crippen molar-refractivity contribution in [2.45, 2.75) is 26.2 Å². The molecule has 1 aliphatic rings. The molecule has 0 aromatic heterocycles. The topological polar surface area (TPSA) is 29.1 Å². The van der Waals surface area contributed by atoms with Crippen molar-refractivity contribution < 1.29 is 9.18 Å². The lowest BCUT2D eigenvalue weighted by Crippen LogP contribution is -2.24. The third-order valence-electron chi connectivity index (χ3n) is 1.76. The molecule has 0 spiro atoms. The maximum Gasteiger partial charge on any atom is 0.249 e. The molecule has 1 amide bonds. The standard InChI is InChI=1S/C8H12FNO/c1-2-10-8(11)6-4-3-5-7(6)9/h2-5H2,1H3,(H,10,11). The van der Waals surface area contributed by atoms with Crippen molar-refractivity contribution in [2.75, 3.05) is 6.54 Å². The van der Waals surface area contributed by atoms with Gasteiger partial charge in [-0.05, 0) is 26.2 Å². The van der Waals surface area contributed by atoms with E-state index in [0.29, 0.717) is 25.0 Å². The zero-order valence-corrected chi connectivity index (χ0v) is 6.61. The van der Waals surface area contributed by atoms with Gasteiger partial charge in [0.2, 0.25) is 5.91 Å². The molecule has 62 valence electrons. The molecule has 0 fully saturated rings. The minimum Gasteiger partial charge on any atom is -0.353 e. The molecular weight excluding hydrogens is 145 g/mol. The van der Waals surface area contributed by atoms with Gasteiger partial charge in [-0.2, -0.15) is 0 Å². The highest BCUT2D eigenvalue weighted by Gasteiger charge is 2.19. The van der Waals surface area contributed by atoms with Crippen LogP contribution in [0.4, 0.5) is 4.39 Å². The Kier molecular flexibility index (Phi) is 2.63. The Labute approximate surface area is 65.5 Å². The summed E-state index contributed by atoms with van der Waals surface area (Å²) in [7, 11) is 0. The average Bonchev–Trinajstić information content (AvgIpc) is 2.36. The summed E-state index contributed by atoms with van der Waals surface area (Å²) in [6, 6.07) is 0. The number of halogens is 1. The van der Waals surface area contributed by atoms with Crippen molar-refractivity contribution in [3.8, 4) is 0 Å². The van der Waals surface area contributed by atoms with E-state index < -0.39 is 0 Å². The van der Waals surface area contributed by atoms with E-state index in [2.05, 4.69) is 5.32 Å². The van der Waals surface area contributed by atoms with Gasteiger partial charge in [0.1, 0.15) is 5.83 Å². The zero-order valence-electron chi connectivity index (χ0n) is 6.61. The lowest BCUT2D eigenvalue weighted by molar-refractivity contribution is -0.117. The summed E-state index contributed by atoms with van der Waals surface area (Å²) < 4.78 is 12.8. The van der Waals surface area contributed by atoms with Gasteiger partial charge in [0, 0.05) is 12.1 Å². The van der Waals surface area contributed by atoms with Gasteiger partial charge in [-0.1, -0.05) is 0 Å². The second-order valence-electron chi connectivity index (χ2n) is 2.60. The first-order valence-electron chi connectivity index (χ1n) is 3.91. The van der Waals surface area contributed by atoms with Crippen molar-refractivity contribution in [2.24, 2.45) is 0 Å². The van der Waals surface area contributed by atoms with Gasteiger partial charge in [0.15, 0.2) is 0 Å². The van der Waals surface area contributed by atoms with Crippen LogP contribution in [-0.4, -0.2) is 12.5 Å². The van der Waals surface area contributed by atoms with Crippen LogP contribution in [0.5, 0.6) is 0 Å². The Morgan fingerprint density at radius 1 is 1.64 bits per heavy atom. The predicted octanol–water partition coefficient (Wildman–Crippen LogP) is 1.53. The summed E-state index contributed by atoms with van der Waals surface area (Å²) in [5, 5.41) is 2.58. The summed E-state index contributed by atoms with van der Waals surface area (Å²) in [5.41, 5.74) is 0.354. The van der Waals surface area contributed by atoms with E-state index in [1.807, 2.05) is 6.92 Å². The maximum absolute atomic E-state index is 12.8. The first-order valence-corrected chi connectivity index (χ1v) is 3.91. The van der Waals surface area contributed by atoms with Crippen molar-refractivity contribution in [1.82, 2.24) is 5.32 Å². The number of amides is 1. The summed E-state index contributed by atoms with van der Waals surface area (Å²) in [6.07, 6.45) is 1.81. The lowest BCUT2D eigenvalue weighted by Gasteiger charge is -2.01. The van der Waals surface area contributed by atoms with Gasteiger partial charge in [0.25, 0.3) is 0 Å². The molecule has 0 heterocycles. The van der Waals surface area contributed by atoms with Gasteiger partial charge in [-0.25, -0.2) is 4.39 Å². The Bertz CT molecular complexity index is 198. The first-order chi connectivity index (χ1) is 5.25. The smallest absolute Gasteiger partial charge is 0.249 e. The van der Waals surface area contributed by atoms with E-state index in [1.165, 1.54) is 0 Å². The second kappa shape index (κ2) is 3.51. The number of carbonyl (C=O) groups excluding carboxylic acids is 1. The number of hydrogen-bond acceptors (Lipinski definition) is 1. The molecule has 1 N–H and O–H groups in total. The largest absolute Gasteiger partial charge is 0.353 e. The Hall–Kier alpha value is -0.860. The van der Waals surface area contributed by atoms with E-state index in [1.54, 1.807) is 0 Å². The highest BCUT2D eigenvalue weighted by Crippen LogP contribution is 2.26. The molecule has 0 aliphatic heterocycles. The van der Waals surface area contributed by atoms with Crippen LogP contribution in [0.25, 0.3) is 0 Å². The molecule has 2 nitrogen and oxygen atoms in total. The molecule has 0 radical (unpaired) electrons. The molecule has 1 rings (SSSR count). The molecule has 1 aliphatic carbocycles. The number of hydrogen-bond donors (Lipinski definition) is 1. The Morgan fingerprint density at radius 3 is 2.82 bits per heavy atom. The van der Waals surface area contributed by atoms with Gasteiger partial charge in [-0.3, -0.25) is 4.79 Å². The fraction of sp³-hybridized carbons (Fsp3) is 0.625. The van der Waals surface area contributed by atoms with Crippen LogP contribution in [0.2, 0.25) is 0 Å². The molecule has 11 heavy (non-hydrogen) atoms. The van der Waals surface area contributed by atoms with Crippen LogP contribution in [0.3, 0.4) is 0 Å². The quantitative estimate of drug-likeness (QED) is 0.647. The van der Waals surface area contributed by atoms with Crippen molar-refractivity contribution in [3.05, 3.63) is 11.4 Å². The van der Waals surface area contributed by atoms with Crippen molar-refractivity contribution >= 4 is 5.91 Å². The number of likely N-dealkylation sites (N-methyl/N-ethyl adjacent to an activating group) is 1. The van der Waals surface area contributed by atoms with Gasteiger partial charge in [0.05, 0.1) is 0 Å². The molecule has 0 bridgehead atoms. The van der Waals surface area contributed by atoms with Gasteiger partial charge < -0.3 is 5.32 Å². The normalized spacial score (nSPS) is 17.3. The van der Waals surface area contributed by atoms with Crippen LogP contribution in [-0.2, 0) is 4.79 Å². The summed E-state index contributed by atoms with van der Waals surface area (Å²) in [6.45, 7) is 2.39. The molecule has 0 saturated carbocycles. The van der Waals surface area contributed by atoms with Crippen LogP contribution >= 0.6 is 0 Å². The molecule has 0 saturated heterocycles. The van der Waals surface area contributed by atoms with Gasteiger partial charge in [-0.15, -0.1) is 0 Å². The summed E-state index contributed by atoms with van der Waals surface area (Å²) in [5.74, 6) is -0.460. The third-order valence-corrected chi connectivity index (χ3v) is 1.76. The molecular formula is C8H12FNO. The highest BCUT2D eigenvalue weighted by atomic mass is 19.1. The fourth-order valence-electron chi connectivity index (χ4n) is 1.21. The molecule has 0 unspecified atom stereocenters. The van der Waals surface area contributed by atoms with E-state index in [-0.39, 0.29) is 11.7 Å². The van der Waals surface area contributed by atoms with Crippen molar-refractivity contribution in [3.63, 3.8) is 0 Å². The SMILES string of the molecule is CCNC(=O)C1=C(F)CCC1. The number of nitrogens with one attached hydrogen (secondary N) is 1. The molecule has 0 aromatic rings. The first kappa shape index (κ1) is 8.24. The monoisotopic (exact) mass is 157 g/mol. The maximum atomic E-state index is 12.8. The number of rotatable bonds is 2. The Balaban J connectivity index is 2.59. The zero-order chi connectivity index (χ0) is 8.27. The van der Waals surface area contributed by atoms with Gasteiger partial charge >= 0.3 is 0 Å². The lowest BCUT2D eigenvalue weighted by atomic mass is 10.2. The van der Waals surface area contributed by atoms with Crippen molar-refractivity contribution in [1.29, 1.82) is 0 Å². The van der Waals surface area contributed by atoms with E-state index >= 15 is 0 Å². The van der Waals surface area contributed by atoms with Crippen LogP contribution in [0.1, 0.15) is 26.2 Å². The summed E-state index contributed by atoms with van der Waals surface area (Å²) in [4.78, 5) is 11.0. The van der Waals surface area contributed by atoms with E-state index in [9.17, 15) is 9.18 Å². The molecule has 3 heteroatoms. The van der Waals surface area contributed by atoms with Crippen LogP contribution < -0.4 is 5.32 Å². The minimum atomic E-state index is -0.234. The van der Waals surface area contributed by atoms with E-state index in [4.69, 9.17) is 0 Å². The Morgan fingerprint density at radius 2 is 2.36 bits per heavy atom.